The number of ether oxygens (including phenoxy) is 6. The summed E-state index contributed by atoms with van der Waals surface area (Å²) in [7, 11) is 3.94. The van der Waals surface area contributed by atoms with Crippen LogP contribution in [0.1, 0.15) is 181 Å². The lowest BCUT2D eigenvalue weighted by Crippen LogP contribution is -2.16. The van der Waals surface area contributed by atoms with Gasteiger partial charge in [0.05, 0.1) is 89.7 Å². The van der Waals surface area contributed by atoms with Gasteiger partial charge >= 0.3 is 11.9 Å². The smallest absolute Gasteiger partial charge is 0.338 e. The number of nitrogens with two attached hydrogens (primary N) is 1. The molecule has 8 heterocycles. The topological polar surface area (TPSA) is 190 Å². The second-order valence-electron chi connectivity index (χ2n) is 31.1. The zero-order chi connectivity index (χ0) is 74.9. The minimum absolute atomic E-state index is 0.0785. The SMILES string of the molecule is CC(C)(C)c1cc(-c2c3nc(c(-c4ccc(C(=O)OCCOCCOCC5=CS/C(=C6\SC=C(COCCOCCOC(=O)CCCCC7CCSS7)S6)S5)cc4)c4ccc([nH]4)c(-c4cc(C(C)(C)C)cc(C(C)(C)C)c4)c4nc(c(-c5ccc(C(N)=O)cc5)c5ccc2[nH]5)C=C4)C=C3)cc(C(C)(C)C)c1. The highest BCUT2D eigenvalue weighted by Gasteiger charge is 2.28. The number of hydrogen-bond acceptors (Lipinski definition) is 17. The molecule has 556 valence electrons. The van der Waals surface area contributed by atoms with E-state index >= 15 is 0 Å². The fourth-order valence-corrected chi connectivity index (χ4v) is 20.5. The van der Waals surface area contributed by atoms with Crippen LogP contribution in [0.2, 0.25) is 0 Å². The van der Waals surface area contributed by atoms with Crippen molar-refractivity contribution in [3.8, 4) is 44.5 Å². The molecule has 8 bridgehead atoms. The van der Waals surface area contributed by atoms with Crippen molar-refractivity contribution >= 4 is 133 Å². The van der Waals surface area contributed by atoms with Crippen LogP contribution in [0.25, 0.3) is 90.9 Å². The number of primary amides is 1. The van der Waals surface area contributed by atoms with Gasteiger partial charge in [-0.2, -0.15) is 0 Å². The lowest BCUT2D eigenvalue weighted by Gasteiger charge is -2.26. The molecule has 0 radical (unpaired) electrons. The summed E-state index contributed by atoms with van der Waals surface area (Å²) < 4.78 is 37.0. The first-order valence-electron chi connectivity index (χ1n) is 36.4. The van der Waals surface area contributed by atoms with E-state index in [1.54, 1.807) is 59.2 Å². The summed E-state index contributed by atoms with van der Waals surface area (Å²) in [6, 6.07) is 37.4. The molecule has 0 spiro atoms. The quantitative estimate of drug-likeness (QED) is 0.0250. The average molecular weight is 1540 g/mol. The van der Waals surface area contributed by atoms with Crippen LogP contribution in [0.15, 0.2) is 138 Å². The van der Waals surface area contributed by atoms with Crippen molar-refractivity contribution in [3.05, 3.63) is 194 Å². The predicted molar refractivity (Wildman–Crippen MR) is 449 cm³/mol. The maximum atomic E-state index is 13.8. The second kappa shape index (κ2) is 34.7. The fourth-order valence-electron chi connectivity index (χ4n) is 12.7. The molecule has 7 aromatic rings. The Hall–Kier alpha value is -6.95. The Morgan fingerprint density at radius 3 is 1.25 bits per heavy atom. The van der Waals surface area contributed by atoms with E-state index in [0.29, 0.717) is 63.8 Å². The molecule has 1 saturated heterocycles. The number of hydrogen-bond donors (Lipinski definition) is 3. The highest BCUT2D eigenvalue weighted by atomic mass is 33.1. The monoisotopic (exact) mass is 1540 g/mol. The Morgan fingerprint density at radius 2 is 0.849 bits per heavy atom. The molecule has 0 saturated carbocycles. The van der Waals surface area contributed by atoms with E-state index in [-0.39, 0.29) is 47.4 Å². The number of amides is 1. The van der Waals surface area contributed by atoms with Crippen LogP contribution in [0, 0.1) is 0 Å². The summed E-state index contributed by atoms with van der Waals surface area (Å²) in [5.41, 5.74) is 24.5. The molecular formula is C86H97N5O9S6. The summed E-state index contributed by atoms with van der Waals surface area (Å²) >= 11 is 6.89. The van der Waals surface area contributed by atoms with Gasteiger partial charge < -0.3 is 44.1 Å². The molecular weight excluding hydrogens is 1440 g/mol. The number of fused-ring (bicyclic) bond motifs is 8. The van der Waals surface area contributed by atoms with Gasteiger partial charge in [-0.15, -0.1) is 0 Å². The number of esters is 2. The van der Waals surface area contributed by atoms with Crippen molar-refractivity contribution in [2.75, 3.05) is 71.8 Å². The number of benzene rings is 4. The van der Waals surface area contributed by atoms with Crippen LogP contribution in [0.5, 0.6) is 0 Å². The number of nitrogens with zero attached hydrogens (tertiary/aromatic N) is 2. The number of aromatic amines is 2. The van der Waals surface area contributed by atoms with Crippen molar-refractivity contribution in [3.63, 3.8) is 0 Å². The van der Waals surface area contributed by atoms with E-state index in [1.807, 2.05) is 58.0 Å². The first-order valence-corrected chi connectivity index (χ1v) is 42.2. The van der Waals surface area contributed by atoms with E-state index < -0.39 is 11.9 Å². The lowest BCUT2D eigenvalue weighted by molar-refractivity contribution is -0.145. The summed E-state index contributed by atoms with van der Waals surface area (Å²) in [6.45, 7) is 30.6. The number of carbonyl (C=O) groups is 3. The Bertz CT molecular complexity index is 4610. The first-order chi connectivity index (χ1) is 50.7. The van der Waals surface area contributed by atoms with Gasteiger partial charge in [-0.05, 0) is 169 Å². The second-order valence-corrected chi connectivity index (χ2v) is 38.4. The Balaban J connectivity index is 0.744. The summed E-state index contributed by atoms with van der Waals surface area (Å²) in [6.07, 6.45) is 13.3. The fraction of sp³-hybridized carbons (Fsp3) is 0.384. The van der Waals surface area contributed by atoms with Crippen LogP contribution in [0.3, 0.4) is 0 Å². The molecule has 0 aliphatic carbocycles. The maximum Gasteiger partial charge on any atom is 0.338 e. The van der Waals surface area contributed by atoms with E-state index in [0.717, 1.165) is 117 Å². The zero-order valence-electron chi connectivity index (χ0n) is 62.8. The molecule has 14 nitrogen and oxygen atoms in total. The van der Waals surface area contributed by atoms with Crippen molar-refractivity contribution in [1.82, 2.24) is 19.9 Å². The number of unbranched alkanes of at least 4 members (excludes halogenated alkanes) is 1. The third-order valence-electron chi connectivity index (χ3n) is 18.8. The van der Waals surface area contributed by atoms with Gasteiger partial charge in [0.25, 0.3) is 0 Å². The normalized spacial score (nSPS) is 16.1. The van der Waals surface area contributed by atoms with Crippen LogP contribution in [-0.2, 0) is 54.9 Å². The molecule has 12 rings (SSSR count). The molecule has 3 aromatic heterocycles. The van der Waals surface area contributed by atoms with Crippen molar-refractivity contribution < 1.29 is 42.8 Å². The van der Waals surface area contributed by atoms with E-state index in [9.17, 15) is 14.4 Å². The van der Waals surface area contributed by atoms with Gasteiger partial charge in [0.2, 0.25) is 5.91 Å². The highest BCUT2D eigenvalue weighted by Crippen LogP contribution is 2.55. The van der Waals surface area contributed by atoms with Crippen molar-refractivity contribution in [1.29, 1.82) is 0 Å². The molecule has 20 heteroatoms. The minimum Gasteiger partial charge on any atom is -0.463 e. The van der Waals surface area contributed by atoms with Gasteiger partial charge in [-0.3, -0.25) is 9.59 Å². The van der Waals surface area contributed by atoms with E-state index in [4.69, 9.17) is 44.1 Å². The van der Waals surface area contributed by atoms with Crippen molar-refractivity contribution in [2.24, 2.45) is 5.73 Å². The van der Waals surface area contributed by atoms with Crippen LogP contribution >= 0.6 is 68.6 Å². The zero-order valence-corrected chi connectivity index (χ0v) is 67.7. The Kier molecular flexibility index (Phi) is 25.8. The van der Waals surface area contributed by atoms with Crippen LogP contribution < -0.4 is 5.73 Å². The van der Waals surface area contributed by atoms with Crippen molar-refractivity contribution in [2.45, 2.75) is 142 Å². The summed E-state index contributed by atoms with van der Waals surface area (Å²) in [4.78, 5) is 59.8. The molecule has 1 atom stereocenters. The number of thioether (sulfide) groups is 4. The van der Waals surface area contributed by atoms with Gasteiger partial charge in [-0.25, -0.2) is 14.8 Å². The van der Waals surface area contributed by atoms with E-state index in [1.165, 1.54) is 49.3 Å². The molecule has 4 N–H and O–H groups in total. The molecule has 5 aliphatic heterocycles. The third kappa shape index (κ3) is 20.1. The first kappa shape index (κ1) is 78.6. The van der Waals surface area contributed by atoms with Gasteiger partial charge in [0.1, 0.15) is 13.2 Å². The van der Waals surface area contributed by atoms with Crippen LogP contribution in [-0.4, -0.2) is 115 Å². The largest absolute Gasteiger partial charge is 0.463 e. The number of nitrogens with one attached hydrogen (secondary N) is 2. The Labute approximate surface area is 649 Å². The third-order valence-corrected chi connectivity index (χ3v) is 27.1. The Morgan fingerprint density at radius 1 is 0.462 bits per heavy atom. The summed E-state index contributed by atoms with van der Waals surface area (Å²) in [5, 5.41) is 5.03. The molecule has 1 unspecified atom stereocenters. The number of rotatable bonds is 27. The molecule has 106 heavy (non-hydrogen) atoms. The summed E-state index contributed by atoms with van der Waals surface area (Å²) in [5.74, 6) is 0.142. The highest BCUT2D eigenvalue weighted by molar-refractivity contribution is 8.77. The number of carbonyl (C=O) groups excluding carboxylic acids is 3. The molecule has 5 aliphatic rings. The maximum absolute atomic E-state index is 13.8. The average Bonchev–Trinajstić information content (AvgIpc) is 1.51. The lowest BCUT2D eigenvalue weighted by atomic mass is 9.78. The predicted octanol–water partition coefficient (Wildman–Crippen LogP) is 21.9. The molecule has 1 fully saturated rings. The molecule has 1 amide bonds. The van der Waals surface area contributed by atoms with Gasteiger partial charge in [-0.1, -0.05) is 219 Å². The van der Waals surface area contributed by atoms with Crippen LogP contribution in [0.4, 0.5) is 0 Å². The van der Waals surface area contributed by atoms with E-state index in [2.05, 4.69) is 189 Å². The minimum atomic E-state index is -0.498. The standard InChI is InChI=1S/C86H97N5O9S6/c1-83(2,3)59-43-57(44-60(47-59)84(4,5)6)77-70-29-25-66(88-70)75(53-17-21-55(22-18-53)79(87)93)67-26-30-71(89-67)78(58-45-61(85(7,8)9)48-62(46-58)86(10,11)12)73-32-28-69(91-73)76(68-27-31-72(77)90-68)54-19-23-56(24-20-54)80(94)100-41-39-96-35-37-98-50-65-52-102-82(105-65)81-101-51-64(104-81)49-97-36-34-95-38-40-99-74(92)16-14-13-15-63-33-42-103-106-63/h17-32,43-48,51-52,63,88,91H,13-16,33-42,49-50H2,1-12H3,(H2,87,93)/b75-66?,75-67?,76-68?,76-69?,77-70?,77-72?,78-71?,78-73?,82-81-. The number of H-pyrrole nitrogens is 2. The number of aromatic nitrogens is 4. The van der Waals surface area contributed by atoms with Gasteiger partial charge in [0.15, 0.2) is 0 Å². The van der Waals surface area contributed by atoms with Gasteiger partial charge in [0, 0.05) is 77.1 Å². The molecule has 4 aromatic carbocycles.